The monoisotopic (exact) mass is 200 g/mol. The molecule has 0 radical (unpaired) electrons. The summed E-state index contributed by atoms with van der Waals surface area (Å²) in [6.07, 6.45) is 1.32. The Balaban J connectivity index is 3.90. The smallest absolute Gasteiger partial charge is 0.310 e. The predicted octanol–water partition coefficient (Wildman–Crippen LogP) is 0.529. The minimum Gasteiger partial charge on any atom is -0.310 e. The van der Waals surface area contributed by atoms with Crippen molar-refractivity contribution in [3.05, 3.63) is 12.7 Å². The SMILES string of the molecule is C=CCNP(=O)(O)O[P+](=O)O. The minimum absolute atomic E-state index is 0.0248. The van der Waals surface area contributed by atoms with Gasteiger partial charge in [-0.25, -0.2) is 9.65 Å². The Morgan fingerprint density at radius 3 is 2.73 bits per heavy atom. The van der Waals surface area contributed by atoms with Crippen LogP contribution in [0.5, 0.6) is 0 Å². The standard InChI is InChI=1S/C3H7NO5P2/c1-2-3-4-11(7,8)9-10(5)6/h2H,1,3H2,(H2-,4,5,6,7,8)/p+1. The van der Waals surface area contributed by atoms with Crippen LogP contribution in [-0.4, -0.2) is 16.3 Å². The van der Waals surface area contributed by atoms with Crippen LogP contribution < -0.4 is 5.09 Å². The highest BCUT2D eigenvalue weighted by molar-refractivity contribution is 7.58. The van der Waals surface area contributed by atoms with Gasteiger partial charge in [0, 0.05) is 11.1 Å². The second-order valence-corrected chi connectivity index (χ2v) is 3.98. The van der Waals surface area contributed by atoms with E-state index in [0.29, 0.717) is 0 Å². The first kappa shape index (κ1) is 10.9. The van der Waals surface area contributed by atoms with Gasteiger partial charge in [0.25, 0.3) is 0 Å². The zero-order valence-corrected chi connectivity index (χ0v) is 7.29. The van der Waals surface area contributed by atoms with Crippen molar-refractivity contribution in [2.75, 3.05) is 6.54 Å². The number of hydrogen-bond acceptors (Lipinski definition) is 3. The Bertz CT molecular complexity index is 204. The van der Waals surface area contributed by atoms with Crippen LogP contribution in [0.15, 0.2) is 12.7 Å². The van der Waals surface area contributed by atoms with E-state index < -0.39 is 16.0 Å². The van der Waals surface area contributed by atoms with Gasteiger partial charge in [-0.1, -0.05) is 6.08 Å². The van der Waals surface area contributed by atoms with E-state index in [9.17, 15) is 9.13 Å². The average molecular weight is 200 g/mol. The van der Waals surface area contributed by atoms with Crippen molar-refractivity contribution in [3.8, 4) is 0 Å². The molecule has 0 rings (SSSR count). The van der Waals surface area contributed by atoms with Crippen LogP contribution in [0.1, 0.15) is 0 Å². The molecular formula is C3H8NO5P2+. The fourth-order valence-electron chi connectivity index (χ4n) is 0.303. The maximum absolute atomic E-state index is 10.6. The zero-order valence-electron chi connectivity index (χ0n) is 5.51. The summed E-state index contributed by atoms with van der Waals surface area (Å²) in [6.45, 7) is 3.28. The maximum atomic E-state index is 10.6. The molecule has 0 amide bonds. The summed E-state index contributed by atoms with van der Waals surface area (Å²) in [5, 5.41) is 1.97. The zero-order chi connectivity index (χ0) is 8.91. The van der Waals surface area contributed by atoms with Gasteiger partial charge in [0.2, 0.25) is 0 Å². The third-order valence-electron chi connectivity index (χ3n) is 0.616. The largest absolute Gasteiger partial charge is 0.704 e. The van der Waals surface area contributed by atoms with Crippen LogP contribution >= 0.6 is 16.0 Å². The summed E-state index contributed by atoms with van der Waals surface area (Å²) < 4.78 is 24.3. The first-order chi connectivity index (χ1) is 4.98. The molecule has 2 unspecified atom stereocenters. The molecule has 0 spiro atoms. The Kier molecular flexibility index (Phi) is 4.68. The van der Waals surface area contributed by atoms with Crippen molar-refractivity contribution in [1.29, 1.82) is 0 Å². The molecule has 11 heavy (non-hydrogen) atoms. The topological polar surface area (TPSA) is 95.9 Å². The Hall–Kier alpha value is -0.0900. The molecule has 3 N–H and O–H groups in total. The van der Waals surface area contributed by atoms with Gasteiger partial charge < -0.3 is 4.89 Å². The molecule has 0 saturated heterocycles. The van der Waals surface area contributed by atoms with E-state index in [1.807, 2.05) is 5.09 Å². The third-order valence-corrected chi connectivity index (χ3v) is 2.64. The molecular weight excluding hydrogens is 192 g/mol. The fourth-order valence-corrected chi connectivity index (χ4v) is 1.65. The molecule has 0 aromatic rings. The molecule has 0 bridgehead atoms. The fraction of sp³-hybridized carbons (Fsp3) is 0.333. The van der Waals surface area contributed by atoms with Gasteiger partial charge in [0.1, 0.15) is 0 Å². The van der Waals surface area contributed by atoms with Crippen LogP contribution in [0.2, 0.25) is 0 Å². The van der Waals surface area contributed by atoms with E-state index in [4.69, 9.17) is 9.79 Å². The summed E-state index contributed by atoms with van der Waals surface area (Å²) >= 11 is 0. The lowest BCUT2D eigenvalue weighted by Crippen LogP contribution is -2.09. The van der Waals surface area contributed by atoms with E-state index in [2.05, 4.69) is 10.9 Å². The summed E-state index contributed by atoms with van der Waals surface area (Å²) in [5.41, 5.74) is 0. The second kappa shape index (κ2) is 4.72. The molecule has 0 saturated carbocycles. The Labute approximate surface area is 64.4 Å². The number of nitrogens with one attached hydrogen (secondary N) is 1. The highest BCUT2D eigenvalue weighted by Crippen LogP contribution is 2.45. The molecule has 0 aliphatic heterocycles. The van der Waals surface area contributed by atoms with Gasteiger partial charge in [0.05, 0.1) is 0 Å². The molecule has 64 valence electrons. The van der Waals surface area contributed by atoms with E-state index in [-0.39, 0.29) is 6.54 Å². The molecule has 0 aliphatic carbocycles. The molecule has 0 heterocycles. The quantitative estimate of drug-likeness (QED) is 0.442. The van der Waals surface area contributed by atoms with Crippen LogP contribution in [0.3, 0.4) is 0 Å². The summed E-state index contributed by atoms with van der Waals surface area (Å²) in [7, 11) is -7.19. The second-order valence-electron chi connectivity index (χ2n) is 1.49. The van der Waals surface area contributed by atoms with Gasteiger partial charge in [-0.05, 0) is 4.31 Å². The van der Waals surface area contributed by atoms with Gasteiger partial charge >= 0.3 is 16.0 Å². The third kappa shape index (κ3) is 6.31. The predicted molar refractivity (Wildman–Crippen MR) is 38.9 cm³/mol. The summed E-state index contributed by atoms with van der Waals surface area (Å²) in [5.74, 6) is 0. The van der Waals surface area contributed by atoms with Gasteiger partial charge in [0.15, 0.2) is 0 Å². The molecule has 0 aromatic heterocycles. The van der Waals surface area contributed by atoms with E-state index in [0.717, 1.165) is 0 Å². The van der Waals surface area contributed by atoms with Crippen LogP contribution in [0.25, 0.3) is 0 Å². The van der Waals surface area contributed by atoms with Crippen LogP contribution in [-0.2, 0) is 13.4 Å². The highest BCUT2D eigenvalue weighted by Gasteiger charge is 2.31. The lowest BCUT2D eigenvalue weighted by Gasteiger charge is -2.01. The first-order valence-corrected chi connectivity index (χ1v) is 5.23. The van der Waals surface area contributed by atoms with Crippen molar-refractivity contribution in [1.82, 2.24) is 5.09 Å². The Morgan fingerprint density at radius 1 is 1.82 bits per heavy atom. The Morgan fingerprint density at radius 2 is 2.36 bits per heavy atom. The van der Waals surface area contributed by atoms with Gasteiger partial charge in [-0.2, -0.15) is 0 Å². The maximum Gasteiger partial charge on any atom is 0.704 e. The molecule has 0 aromatic carbocycles. The summed E-state index contributed by atoms with van der Waals surface area (Å²) in [4.78, 5) is 16.7. The molecule has 2 atom stereocenters. The van der Waals surface area contributed by atoms with Crippen molar-refractivity contribution in [3.63, 3.8) is 0 Å². The van der Waals surface area contributed by atoms with Crippen molar-refractivity contribution in [2.45, 2.75) is 0 Å². The average Bonchev–Trinajstić information content (AvgIpc) is 1.81. The van der Waals surface area contributed by atoms with E-state index in [1.165, 1.54) is 6.08 Å². The van der Waals surface area contributed by atoms with Crippen molar-refractivity contribution < 1.29 is 23.2 Å². The normalized spacial score (nSPS) is 17.1. The first-order valence-electron chi connectivity index (χ1n) is 2.52. The molecule has 0 fully saturated rings. The van der Waals surface area contributed by atoms with Crippen LogP contribution in [0, 0.1) is 0 Å². The van der Waals surface area contributed by atoms with E-state index >= 15 is 0 Å². The molecule has 8 heteroatoms. The number of hydrogen-bond donors (Lipinski definition) is 3. The van der Waals surface area contributed by atoms with Crippen molar-refractivity contribution in [2.24, 2.45) is 0 Å². The molecule has 0 aliphatic rings. The van der Waals surface area contributed by atoms with Gasteiger partial charge in [-0.3, -0.25) is 0 Å². The minimum atomic E-state index is -4.12. The summed E-state index contributed by atoms with van der Waals surface area (Å²) in [6, 6.07) is 0. The molecule has 6 nitrogen and oxygen atoms in total. The lowest BCUT2D eigenvalue weighted by atomic mass is 10.7. The van der Waals surface area contributed by atoms with Gasteiger partial charge in [-0.15, -0.1) is 11.5 Å². The number of rotatable bonds is 5. The lowest BCUT2D eigenvalue weighted by molar-refractivity contribution is 0.341. The van der Waals surface area contributed by atoms with Crippen LogP contribution in [0.4, 0.5) is 0 Å². The van der Waals surface area contributed by atoms with E-state index in [1.54, 1.807) is 0 Å². The highest BCUT2D eigenvalue weighted by atomic mass is 31.2. The van der Waals surface area contributed by atoms with Crippen molar-refractivity contribution >= 4 is 16.0 Å².